The summed E-state index contributed by atoms with van der Waals surface area (Å²) in [6, 6.07) is 0. The maximum absolute atomic E-state index is 11.7. The molecule has 0 aromatic carbocycles. The summed E-state index contributed by atoms with van der Waals surface area (Å²) in [4.78, 5) is 11.7. The molecule has 4 rings (SSSR count). The number of primary amides is 1. The molecule has 2 unspecified atom stereocenters. The molecule has 16 heavy (non-hydrogen) atoms. The van der Waals surface area contributed by atoms with Crippen molar-refractivity contribution in [3.8, 4) is 0 Å². The first kappa shape index (κ1) is 12.2. The van der Waals surface area contributed by atoms with Gasteiger partial charge in [0.25, 0.3) is 0 Å². The molecular formula is C12H21ClN2O. The summed E-state index contributed by atoms with van der Waals surface area (Å²) in [6.07, 6.45) is 6.86. The average Bonchev–Trinajstić information content (AvgIpc) is 2.15. The molecule has 2 atom stereocenters. The molecule has 1 amide bonds. The Balaban J connectivity index is 0.000000963. The van der Waals surface area contributed by atoms with Crippen LogP contribution >= 0.6 is 12.4 Å². The van der Waals surface area contributed by atoms with Gasteiger partial charge in [-0.05, 0) is 62.3 Å². The van der Waals surface area contributed by atoms with Gasteiger partial charge in [-0.3, -0.25) is 4.79 Å². The number of nitrogens with two attached hydrogens (primary N) is 2. The van der Waals surface area contributed by atoms with Crippen molar-refractivity contribution in [1.29, 1.82) is 0 Å². The highest BCUT2D eigenvalue weighted by Crippen LogP contribution is 2.64. The normalized spacial score (nSPS) is 48.8. The van der Waals surface area contributed by atoms with Gasteiger partial charge in [0.2, 0.25) is 5.91 Å². The van der Waals surface area contributed by atoms with E-state index in [4.69, 9.17) is 11.5 Å². The summed E-state index contributed by atoms with van der Waals surface area (Å²) >= 11 is 0. The zero-order chi connectivity index (χ0) is 10.7. The van der Waals surface area contributed by atoms with E-state index in [0.29, 0.717) is 0 Å². The molecule has 0 aliphatic heterocycles. The van der Waals surface area contributed by atoms with E-state index in [2.05, 4.69) is 0 Å². The summed E-state index contributed by atoms with van der Waals surface area (Å²) in [7, 11) is 0. The molecule has 0 radical (unpaired) electrons. The van der Waals surface area contributed by atoms with Crippen LogP contribution in [0, 0.1) is 22.7 Å². The molecule has 0 aromatic heterocycles. The first-order valence-electron chi connectivity index (χ1n) is 6.08. The van der Waals surface area contributed by atoms with Gasteiger partial charge in [-0.15, -0.1) is 12.4 Å². The minimum atomic E-state index is -0.177. The van der Waals surface area contributed by atoms with Gasteiger partial charge >= 0.3 is 0 Å². The lowest BCUT2D eigenvalue weighted by atomic mass is 9.44. The van der Waals surface area contributed by atoms with E-state index in [-0.39, 0.29) is 29.1 Å². The fraction of sp³-hybridized carbons (Fsp3) is 0.917. The fourth-order valence-electron chi connectivity index (χ4n) is 4.98. The van der Waals surface area contributed by atoms with Crippen LogP contribution in [0.3, 0.4) is 0 Å². The Morgan fingerprint density at radius 1 is 1.19 bits per heavy atom. The zero-order valence-corrected chi connectivity index (χ0v) is 10.4. The number of carbonyl (C=O) groups excluding carboxylic acids is 1. The number of halogens is 1. The van der Waals surface area contributed by atoms with E-state index in [1.165, 1.54) is 19.3 Å². The van der Waals surface area contributed by atoms with Gasteiger partial charge in [-0.2, -0.15) is 0 Å². The Kier molecular flexibility index (Phi) is 2.75. The predicted molar refractivity (Wildman–Crippen MR) is 65.0 cm³/mol. The number of rotatable bonds is 2. The van der Waals surface area contributed by atoms with Crippen molar-refractivity contribution in [3.05, 3.63) is 0 Å². The Hall–Kier alpha value is -0.280. The number of hydrogen-bond acceptors (Lipinski definition) is 2. The fourth-order valence-corrected chi connectivity index (χ4v) is 4.98. The molecule has 4 fully saturated rings. The second-order valence-corrected chi connectivity index (χ2v) is 6.31. The summed E-state index contributed by atoms with van der Waals surface area (Å²) in [5.74, 6) is 1.39. The van der Waals surface area contributed by atoms with Gasteiger partial charge in [-0.1, -0.05) is 0 Å². The van der Waals surface area contributed by atoms with Crippen LogP contribution in [0.4, 0.5) is 0 Å². The highest BCUT2D eigenvalue weighted by molar-refractivity contribution is 5.85. The van der Waals surface area contributed by atoms with E-state index < -0.39 is 0 Å². The van der Waals surface area contributed by atoms with Crippen molar-refractivity contribution >= 4 is 18.3 Å². The Bertz CT molecular complexity index is 304. The van der Waals surface area contributed by atoms with Crippen LogP contribution in [0.25, 0.3) is 0 Å². The van der Waals surface area contributed by atoms with Crippen LogP contribution in [-0.2, 0) is 4.79 Å². The largest absolute Gasteiger partial charge is 0.369 e. The van der Waals surface area contributed by atoms with Crippen LogP contribution in [0.15, 0.2) is 0 Å². The molecule has 4 N–H and O–H groups in total. The zero-order valence-electron chi connectivity index (χ0n) is 9.58. The summed E-state index contributed by atoms with van der Waals surface area (Å²) in [5.41, 5.74) is 11.6. The quantitative estimate of drug-likeness (QED) is 0.772. The van der Waals surface area contributed by atoms with Crippen molar-refractivity contribution in [3.63, 3.8) is 0 Å². The highest BCUT2D eigenvalue weighted by atomic mass is 35.5. The molecule has 4 saturated carbocycles. The molecule has 0 heterocycles. The standard InChI is InChI=1S/C12H20N2O.ClH/c13-7-11-2-8-1-9(3-11)5-12(4-8,6-11)10(14)15;/h8-9H,1-7,13H2,(H2,14,15);1H. The van der Waals surface area contributed by atoms with Crippen LogP contribution in [0.1, 0.15) is 38.5 Å². The number of hydrogen-bond donors (Lipinski definition) is 2. The van der Waals surface area contributed by atoms with Crippen molar-refractivity contribution < 1.29 is 4.79 Å². The third-order valence-electron chi connectivity index (χ3n) is 5.14. The first-order chi connectivity index (χ1) is 7.07. The minimum Gasteiger partial charge on any atom is -0.369 e. The molecular weight excluding hydrogens is 224 g/mol. The van der Waals surface area contributed by atoms with Gasteiger partial charge in [0.15, 0.2) is 0 Å². The van der Waals surface area contributed by atoms with E-state index in [9.17, 15) is 4.79 Å². The Labute approximate surface area is 103 Å². The lowest BCUT2D eigenvalue weighted by Gasteiger charge is -2.60. The second-order valence-electron chi connectivity index (χ2n) is 6.31. The van der Waals surface area contributed by atoms with Crippen LogP contribution in [0.2, 0.25) is 0 Å². The summed E-state index contributed by atoms with van der Waals surface area (Å²) in [6.45, 7) is 0.745. The molecule has 4 bridgehead atoms. The predicted octanol–water partition coefficient (Wildman–Crippen LogP) is 1.44. The first-order valence-corrected chi connectivity index (χ1v) is 6.08. The molecule has 92 valence electrons. The van der Waals surface area contributed by atoms with E-state index in [0.717, 1.165) is 37.6 Å². The van der Waals surface area contributed by atoms with Crippen molar-refractivity contribution in [2.24, 2.45) is 34.1 Å². The lowest BCUT2D eigenvalue weighted by molar-refractivity contribution is -0.152. The van der Waals surface area contributed by atoms with Crippen molar-refractivity contribution in [1.82, 2.24) is 0 Å². The third kappa shape index (κ3) is 1.48. The smallest absolute Gasteiger partial charge is 0.223 e. The average molecular weight is 245 g/mol. The molecule has 0 aromatic rings. The van der Waals surface area contributed by atoms with Crippen LogP contribution in [-0.4, -0.2) is 12.5 Å². The monoisotopic (exact) mass is 244 g/mol. The third-order valence-corrected chi connectivity index (χ3v) is 5.14. The van der Waals surface area contributed by atoms with Gasteiger partial charge in [0, 0.05) is 0 Å². The van der Waals surface area contributed by atoms with Gasteiger partial charge < -0.3 is 11.5 Å². The number of amides is 1. The summed E-state index contributed by atoms with van der Waals surface area (Å²) in [5, 5.41) is 0. The molecule has 0 spiro atoms. The lowest BCUT2D eigenvalue weighted by Crippen LogP contribution is -2.58. The number of carbonyl (C=O) groups is 1. The second kappa shape index (κ2) is 3.61. The van der Waals surface area contributed by atoms with Gasteiger partial charge in [-0.25, -0.2) is 0 Å². The van der Waals surface area contributed by atoms with E-state index >= 15 is 0 Å². The molecule has 0 saturated heterocycles. The van der Waals surface area contributed by atoms with Gasteiger partial charge in [0.05, 0.1) is 5.41 Å². The summed E-state index contributed by atoms with van der Waals surface area (Å²) < 4.78 is 0. The molecule has 4 aliphatic rings. The Morgan fingerprint density at radius 2 is 1.75 bits per heavy atom. The Morgan fingerprint density at radius 3 is 2.19 bits per heavy atom. The van der Waals surface area contributed by atoms with Gasteiger partial charge in [0.1, 0.15) is 0 Å². The van der Waals surface area contributed by atoms with E-state index in [1.807, 2.05) is 0 Å². The van der Waals surface area contributed by atoms with Crippen LogP contribution in [0.5, 0.6) is 0 Å². The SMILES string of the molecule is Cl.NCC12CC3CC(C1)CC(C(N)=O)(C3)C2. The molecule has 3 nitrogen and oxygen atoms in total. The van der Waals surface area contributed by atoms with Crippen molar-refractivity contribution in [2.75, 3.05) is 6.54 Å². The molecule has 4 heteroatoms. The van der Waals surface area contributed by atoms with Crippen molar-refractivity contribution in [2.45, 2.75) is 38.5 Å². The van der Waals surface area contributed by atoms with Crippen LogP contribution < -0.4 is 11.5 Å². The van der Waals surface area contributed by atoms with E-state index in [1.54, 1.807) is 0 Å². The molecule has 4 aliphatic carbocycles. The maximum Gasteiger partial charge on any atom is 0.223 e. The maximum atomic E-state index is 11.7. The highest BCUT2D eigenvalue weighted by Gasteiger charge is 2.59. The topological polar surface area (TPSA) is 69.1 Å². The minimum absolute atomic E-state index is 0.